The molecule has 7 nitrogen and oxygen atoms in total. The van der Waals surface area contributed by atoms with Crippen molar-refractivity contribution in [2.75, 3.05) is 32.7 Å². The molecule has 4 aromatic carbocycles. The van der Waals surface area contributed by atoms with Crippen molar-refractivity contribution in [1.29, 1.82) is 0 Å². The van der Waals surface area contributed by atoms with Crippen molar-refractivity contribution in [1.82, 2.24) is 19.4 Å². The lowest BCUT2D eigenvalue weighted by Crippen LogP contribution is -2.48. The van der Waals surface area contributed by atoms with E-state index < -0.39 is 10.0 Å². The normalized spacial score (nSPS) is 16.4. The van der Waals surface area contributed by atoms with Gasteiger partial charge in [-0.05, 0) is 65.4 Å². The first-order valence-electron chi connectivity index (χ1n) is 15.4. The van der Waals surface area contributed by atoms with Gasteiger partial charge < -0.3 is 5.32 Å². The zero-order valence-corrected chi connectivity index (χ0v) is 26.1. The van der Waals surface area contributed by atoms with Crippen LogP contribution in [0.1, 0.15) is 43.7 Å². The number of hydrogen-bond acceptors (Lipinski definition) is 5. The molecule has 0 aromatic heterocycles. The summed E-state index contributed by atoms with van der Waals surface area (Å²) in [5.74, 6) is -0.0930. The van der Waals surface area contributed by atoms with Crippen LogP contribution in [0.15, 0.2) is 102 Å². The summed E-state index contributed by atoms with van der Waals surface area (Å²) in [6, 6.07) is 31.9. The Labute approximate surface area is 261 Å². The van der Waals surface area contributed by atoms with E-state index in [9.17, 15) is 13.2 Å². The smallest absolute Gasteiger partial charge is 0.251 e. The fourth-order valence-electron chi connectivity index (χ4n) is 6.08. The molecule has 8 heteroatoms. The van der Waals surface area contributed by atoms with Crippen molar-refractivity contribution in [3.63, 3.8) is 0 Å². The van der Waals surface area contributed by atoms with Crippen molar-refractivity contribution >= 4 is 15.9 Å². The highest BCUT2D eigenvalue weighted by molar-refractivity contribution is 7.89. The van der Waals surface area contributed by atoms with E-state index in [0.717, 1.165) is 49.3 Å². The van der Waals surface area contributed by atoms with Gasteiger partial charge in [0.25, 0.3) is 5.91 Å². The van der Waals surface area contributed by atoms with Gasteiger partial charge in [0.1, 0.15) is 0 Å². The molecule has 0 aliphatic carbocycles. The van der Waals surface area contributed by atoms with Gasteiger partial charge in [0, 0.05) is 64.5 Å². The maximum Gasteiger partial charge on any atom is 0.251 e. The highest BCUT2D eigenvalue weighted by atomic mass is 32.2. The second-order valence-electron chi connectivity index (χ2n) is 11.9. The molecule has 4 aromatic rings. The summed E-state index contributed by atoms with van der Waals surface area (Å²) in [6.07, 6.45) is 1.08. The highest BCUT2D eigenvalue weighted by Gasteiger charge is 2.28. The van der Waals surface area contributed by atoms with Gasteiger partial charge in [0.15, 0.2) is 0 Å². The summed E-state index contributed by atoms with van der Waals surface area (Å²) < 4.78 is 27.6. The van der Waals surface area contributed by atoms with Crippen LogP contribution < -0.4 is 5.32 Å². The van der Waals surface area contributed by atoms with E-state index in [1.54, 1.807) is 16.4 Å². The molecule has 1 amide bonds. The van der Waals surface area contributed by atoms with E-state index in [0.29, 0.717) is 43.2 Å². The number of carbonyl (C=O) groups is 1. The minimum atomic E-state index is -3.47. The number of amides is 1. The summed E-state index contributed by atoms with van der Waals surface area (Å²) in [6.45, 7) is 8.32. The Balaban J connectivity index is 0.966. The van der Waals surface area contributed by atoms with Gasteiger partial charge in [-0.15, -0.1) is 0 Å². The van der Waals surface area contributed by atoms with Crippen LogP contribution >= 0.6 is 0 Å². The molecule has 2 aliphatic heterocycles. The van der Waals surface area contributed by atoms with Gasteiger partial charge in [-0.1, -0.05) is 78.4 Å². The lowest BCUT2D eigenvalue weighted by atomic mass is 9.99. The molecule has 228 valence electrons. The number of aryl methyl sites for hydroxylation is 1. The monoisotopic (exact) mass is 608 g/mol. The Kier molecular flexibility index (Phi) is 9.23. The van der Waals surface area contributed by atoms with Crippen LogP contribution in [-0.4, -0.2) is 61.2 Å². The van der Waals surface area contributed by atoms with Crippen LogP contribution in [-0.2, 0) is 42.6 Å². The molecule has 0 unspecified atom stereocenters. The van der Waals surface area contributed by atoms with Gasteiger partial charge in [-0.25, -0.2) is 8.42 Å². The second kappa shape index (κ2) is 13.4. The number of nitrogens with zero attached hydrogens (tertiary/aromatic N) is 3. The molecule has 2 heterocycles. The summed E-state index contributed by atoms with van der Waals surface area (Å²) >= 11 is 0. The second-order valence-corrected chi connectivity index (χ2v) is 13.9. The van der Waals surface area contributed by atoms with Crippen molar-refractivity contribution in [3.05, 3.63) is 136 Å². The van der Waals surface area contributed by atoms with Crippen molar-refractivity contribution in [3.8, 4) is 0 Å². The SMILES string of the molecule is Cc1ccc(S(=O)(=O)N2CCN(Cc3ccc(C(=O)NCc4cccc(CN5CCc6ccccc6C5)c4)cc3)CC2)cc1. The fourth-order valence-corrected chi connectivity index (χ4v) is 7.50. The fraction of sp³-hybridized carbons (Fsp3) is 0.306. The lowest BCUT2D eigenvalue weighted by molar-refractivity contribution is 0.0951. The number of hydrogen-bond donors (Lipinski definition) is 1. The molecule has 1 saturated heterocycles. The third kappa shape index (κ3) is 7.27. The van der Waals surface area contributed by atoms with Crippen molar-refractivity contribution in [2.45, 2.75) is 44.4 Å². The van der Waals surface area contributed by atoms with Crippen LogP contribution in [0.2, 0.25) is 0 Å². The number of nitrogens with one attached hydrogen (secondary N) is 1. The molecule has 0 bridgehead atoms. The number of carbonyl (C=O) groups excluding carboxylic acids is 1. The number of piperazine rings is 1. The first-order chi connectivity index (χ1) is 21.3. The summed E-state index contributed by atoms with van der Waals surface area (Å²) in [7, 11) is -3.47. The van der Waals surface area contributed by atoms with E-state index in [1.807, 2.05) is 43.3 Å². The quantitative estimate of drug-likeness (QED) is 0.290. The molecule has 1 fully saturated rings. The largest absolute Gasteiger partial charge is 0.348 e. The Morgan fingerprint density at radius 1 is 0.705 bits per heavy atom. The Morgan fingerprint density at radius 3 is 2.14 bits per heavy atom. The summed E-state index contributed by atoms with van der Waals surface area (Å²) in [5, 5.41) is 3.07. The van der Waals surface area contributed by atoms with Gasteiger partial charge in [0.2, 0.25) is 10.0 Å². The molecule has 0 spiro atoms. The predicted molar refractivity (Wildman–Crippen MR) is 174 cm³/mol. The van der Waals surface area contributed by atoms with Crippen LogP contribution in [0.25, 0.3) is 0 Å². The standard InChI is InChI=1S/C36H40N4O3S/c1-28-9-15-35(16-10-28)44(42,43)40-21-19-38(20-22-40)25-29-11-13-33(14-12-29)36(41)37-24-30-5-4-6-31(23-30)26-39-18-17-32-7-2-3-8-34(32)27-39/h2-16,23H,17-22,24-27H2,1H3,(H,37,41). The van der Waals surface area contributed by atoms with Gasteiger partial charge in [-0.3, -0.25) is 14.6 Å². The molecule has 44 heavy (non-hydrogen) atoms. The van der Waals surface area contributed by atoms with Gasteiger partial charge >= 0.3 is 0 Å². The van der Waals surface area contributed by atoms with E-state index in [4.69, 9.17) is 0 Å². The van der Waals surface area contributed by atoms with Crippen LogP contribution in [0, 0.1) is 6.92 Å². The van der Waals surface area contributed by atoms with E-state index >= 15 is 0 Å². The molecule has 0 atom stereocenters. The number of fused-ring (bicyclic) bond motifs is 1. The molecule has 2 aliphatic rings. The topological polar surface area (TPSA) is 73.0 Å². The molecular formula is C36H40N4O3S. The van der Waals surface area contributed by atoms with Crippen molar-refractivity contribution in [2.24, 2.45) is 0 Å². The molecule has 1 N–H and O–H groups in total. The Bertz CT molecular complexity index is 1700. The average molecular weight is 609 g/mol. The molecule has 0 saturated carbocycles. The van der Waals surface area contributed by atoms with Gasteiger partial charge in [0.05, 0.1) is 4.90 Å². The third-order valence-corrected chi connectivity index (χ3v) is 10.6. The van der Waals surface area contributed by atoms with E-state index in [1.165, 1.54) is 16.7 Å². The summed E-state index contributed by atoms with van der Waals surface area (Å²) in [5.41, 5.74) is 7.99. The lowest BCUT2D eigenvalue weighted by Gasteiger charge is -2.34. The first kappa shape index (κ1) is 30.2. The first-order valence-corrected chi connectivity index (χ1v) is 16.8. The maximum atomic E-state index is 13.0. The van der Waals surface area contributed by atoms with Crippen LogP contribution in [0.4, 0.5) is 0 Å². The average Bonchev–Trinajstić information content (AvgIpc) is 3.04. The van der Waals surface area contributed by atoms with Crippen LogP contribution in [0.5, 0.6) is 0 Å². The Morgan fingerprint density at radius 2 is 1.39 bits per heavy atom. The molecular weight excluding hydrogens is 568 g/mol. The summed E-state index contributed by atoms with van der Waals surface area (Å²) in [4.78, 5) is 18.0. The third-order valence-electron chi connectivity index (χ3n) is 8.67. The van der Waals surface area contributed by atoms with E-state index in [2.05, 4.69) is 63.6 Å². The molecule has 6 rings (SSSR count). The van der Waals surface area contributed by atoms with Crippen molar-refractivity contribution < 1.29 is 13.2 Å². The predicted octanol–water partition coefficient (Wildman–Crippen LogP) is 4.99. The van der Waals surface area contributed by atoms with Gasteiger partial charge in [-0.2, -0.15) is 4.31 Å². The minimum absolute atomic E-state index is 0.0930. The molecule has 0 radical (unpaired) electrons. The highest BCUT2D eigenvalue weighted by Crippen LogP contribution is 2.21. The zero-order valence-electron chi connectivity index (χ0n) is 25.3. The minimum Gasteiger partial charge on any atom is -0.348 e. The van der Waals surface area contributed by atoms with Crippen LogP contribution in [0.3, 0.4) is 0 Å². The van der Waals surface area contributed by atoms with E-state index in [-0.39, 0.29) is 5.91 Å². The Hall–Kier alpha value is -3.82. The number of rotatable bonds is 9. The number of benzene rings is 4. The zero-order chi connectivity index (χ0) is 30.5. The maximum absolute atomic E-state index is 13.0. The number of sulfonamides is 1.